The van der Waals surface area contributed by atoms with Crippen LogP contribution in [-0.4, -0.2) is 18.9 Å². The van der Waals surface area contributed by atoms with Gasteiger partial charge in [-0.1, -0.05) is 6.42 Å². The first-order valence-electron chi connectivity index (χ1n) is 7.06. The second kappa shape index (κ2) is 4.48. The first-order chi connectivity index (χ1) is 7.83. The van der Waals surface area contributed by atoms with Gasteiger partial charge in [-0.15, -0.1) is 0 Å². The molecule has 1 saturated heterocycles. The van der Waals surface area contributed by atoms with E-state index in [1.165, 1.54) is 25.7 Å². The molecule has 0 radical (unpaired) electrons. The number of carbonyl (C=O) groups excluding carboxylic acids is 1. The van der Waals surface area contributed by atoms with Crippen LogP contribution in [0.5, 0.6) is 0 Å². The largest absolute Gasteiger partial charge is 0.317 e. The van der Waals surface area contributed by atoms with E-state index in [2.05, 4.69) is 5.32 Å². The Morgan fingerprint density at radius 2 is 1.88 bits per heavy atom. The Balaban J connectivity index is 1.52. The van der Waals surface area contributed by atoms with Crippen LogP contribution in [0.15, 0.2) is 0 Å². The van der Waals surface area contributed by atoms with Crippen LogP contribution in [0, 0.1) is 23.7 Å². The number of piperidine rings is 1. The van der Waals surface area contributed by atoms with Crippen LogP contribution in [0.1, 0.15) is 44.9 Å². The van der Waals surface area contributed by atoms with E-state index in [0.717, 1.165) is 50.1 Å². The summed E-state index contributed by atoms with van der Waals surface area (Å²) in [5.41, 5.74) is 0. The Kier molecular flexibility index (Phi) is 3.01. The Bertz CT molecular complexity index is 270. The fourth-order valence-corrected chi connectivity index (χ4v) is 4.20. The number of carbonyl (C=O) groups is 1. The maximum atomic E-state index is 12.2. The van der Waals surface area contributed by atoms with Gasteiger partial charge < -0.3 is 5.32 Å². The Labute approximate surface area is 98.2 Å². The third-order valence-electron chi connectivity index (χ3n) is 5.14. The second-order valence-corrected chi connectivity index (χ2v) is 6.13. The highest BCUT2D eigenvalue weighted by atomic mass is 16.1. The fourth-order valence-electron chi connectivity index (χ4n) is 4.20. The van der Waals surface area contributed by atoms with E-state index in [1.807, 2.05) is 0 Å². The number of hydrogen-bond acceptors (Lipinski definition) is 2. The molecule has 2 bridgehead atoms. The van der Waals surface area contributed by atoms with E-state index in [-0.39, 0.29) is 0 Å². The van der Waals surface area contributed by atoms with Crippen molar-refractivity contribution < 1.29 is 4.79 Å². The van der Waals surface area contributed by atoms with E-state index in [1.54, 1.807) is 0 Å². The number of Topliss-reactive ketones (excluding diaryl/α,β-unsaturated/α-hetero) is 1. The first kappa shape index (κ1) is 10.8. The van der Waals surface area contributed by atoms with Crippen molar-refractivity contribution in [2.24, 2.45) is 23.7 Å². The van der Waals surface area contributed by atoms with Crippen LogP contribution < -0.4 is 5.32 Å². The molecule has 1 aliphatic heterocycles. The zero-order chi connectivity index (χ0) is 11.0. The summed E-state index contributed by atoms with van der Waals surface area (Å²) in [6.45, 7) is 2.10. The van der Waals surface area contributed by atoms with Crippen LogP contribution in [0.3, 0.4) is 0 Å². The molecule has 2 nitrogen and oxygen atoms in total. The highest BCUT2D eigenvalue weighted by molar-refractivity contribution is 5.81. The van der Waals surface area contributed by atoms with E-state index >= 15 is 0 Å². The van der Waals surface area contributed by atoms with Crippen LogP contribution in [0.25, 0.3) is 0 Å². The van der Waals surface area contributed by atoms with Crippen LogP contribution >= 0.6 is 0 Å². The number of fused-ring (bicyclic) bond motifs is 2. The van der Waals surface area contributed by atoms with Gasteiger partial charge in [0.15, 0.2) is 0 Å². The maximum absolute atomic E-state index is 12.2. The summed E-state index contributed by atoms with van der Waals surface area (Å²) in [4.78, 5) is 12.2. The normalized spacial score (nSPS) is 39.1. The van der Waals surface area contributed by atoms with Gasteiger partial charge in [0.05, 0.1) is 0 Å². The minimum atomic E-state index is 0.389. The van der Waals surface area contributed by atoms with Gasteiger partial charge in [-0.3, -0.25) is 4.79 Å². The number of hydrogen-bond donors (Lipinski definition) is 1. The van der Waals surface area contributed by atoms with Gasteiger partial charge in [0.25, 0.3) is 0 Å². The number of rotatable bonds is 3. The minimum absolute atomic E-state index is 0.389. The highest BCUT2D eigenvalue weighted by Gasteiger charge is 2.40. The van der Waals surface area contributed by atoms with E-state index < -0.39 is 0 Å². The molecule has 0 spiro atoms. The smallest absolute Gasteiger partial charge is 0.136 e. The summed E-state index contributed by atoms with van der Waals surface area (Å²) in [6.07, 6.45) is 8.73. The molecule has 16 heavy (non-hydrogen) atoms. The molecule has 2 aliphatic carbocycles. The third kappa shape index (κ3) is 2.04. The SMILES string of the molecule is O=C(CC1CC2CCC1C2)C1CCNCC1. The molecule has 1 N–H and O–H groups in total. The summed E-state index contributed by atoms with van der Waals surface area (Å²) in [5, 5.41) is 3.34. The third-order valence-corrected chi connectivity index (χ3v) is 5.14. The van der Waals surface area contributed by atoms with Crippen LogP contribution in [-0.2, 0) is 4.79 Å². The molecule has 3 aliphatic rings. The molecular weight excluding hydrogens is 198 g/mol. The number of ketones is 1. The Morgan fingerprint density at radius 3 is 2.50 bits per heavy atom. The molecule has 3 fully saturated rings. The molecule has 3 rings (SSSR count). The van der Waals surface area contributed by atoms with Crippen molar-refractivity contribution in [2.75, 3.05) is 13.1 Å². The van der Waals surface area contributed by atoms with Gasteiger partial charge in [0.1, 0.15) is 5.78 Å². The van der Waals surface area contributed by atoms with Crippen LogP contribution in [0.2, 0.25) is 0 Å². The highest BCUT2D eigenvalue weighted by Crippen LogP contribution is 2.49. The molecule has 0 amide bonds. The Morgan fingerprint density at radius 1 is 1.06 bits per heavy atom. The standard InChI is InChI=1S/C14H23NO/c16-14(11-3-5-15-6-4-11)9-13-8-10-1-2-12(13)7-10/h10-13,15H,1-9H2. The minimum Gasteiger partial charge on any atom is -0.317 e. The molecule has 1 heterocycles. The van der Waals surface area contributed by atoms with Crippen molar-refractivity contribution >= 4 is 5.78 Å². The summed E-state index contributed by atoms with van der Waals surface area (Å²) >= 11 is 0. The average molecular weight is 221 g/mol. The van der Waals surface area contributed by atoms with Crippen LogP contribution in [0.4, 0.5) is 0 Å². The molecule has 0 aromatic heterocycles. The monoisotopic (exact) mass is 221 g/mol. The fraction of sp³-hybridized carbons (Fsp3) is 0.929. The van der Waals surface area contributed by atoms with Crippen molar-refractivity contribution in [3.8, 4) is 0 Å². The predicted octanol–water partition coefficient (Wildman–Crippen LogP) is 2.38. The summed E-state index contributed by atoms with van der Waals surface area (Å²) in [5.74, 6) is 3.63. The zero-order valence-electron chi connectivity index (χ0n) is 10.1. The summed E-state index contributed by atoms with van der Waals surface area (Å²) in [7, 11) is 0. The summed E-state index contributed by atoms with van der Waals surface area (Å²) < 4.78 is 0. The van der Waals surface area contributed by atoms with Gasteiger partial charge >= 0.3 is 0 Å². The zero-order valence-corrected chi connectivity index (χ0v) is 10.1. The lowest BCUT2D eigenvalue weighted by molar-refractivity contribution is -0.124. The van der Waals surface area contributed by atoms with E-state index in [4.69, 9.17) is 0 Å². The molecule has 3 unspecified atom stereocenters. The lowest BCUT2D eigenvalue weighted by atomic mass is 9.81. The van der Waals surface area contributed by atoms with Gasteiger partial charge in [0, 0.05) is 12.3 Å². The Hall–Kier alpha value is -0.370. The van der Waals surface area contributed by atoms with Gasteiger partial charge in [0.2, 0.25) is 0 Å². The molecule has 0 aromatic carbocycles. The second-order valence-electron chi connectivity index (χ2n) is 6.13. The number of nitrogens with one attached hydrogen (secondary N) is 1. The lowest BCUT2D eigenvalue weighted by Crippen LogP contribution is -2.33. The van der Waals surface area contributed by atoms with E-state index in [0.29, 0.717) is 11.7 Å². The van der Waals surface area contributed by atoms with Crippen molar-refractivity contribution in [1.82, 2.24) is 5.32 Å². The van der Waals surface area contributed by atoms with E-state index in [9.17, 15) is 4.79 Å². The average Bonchev–Trinajstić information content (AvgIpc) is 2.92. The van der Waals surface area contributed by atoms with Gasteiger partial charge in [-0.25, -0.2) is 0 Å². The quantitative estimate of drug-likeness (QED) is 0.793. The maximum Gasteiger partial charge on any atom is 0.136 e. The molecule has 0 aromatic rings. The molecule has 2 saturated carbocycles. The molecular formula is C14H23NO. The summed E-state index contributed by atoms with van der Waals surface area (Å²) in [6, 6.07) is 0. The van der Waals surface area contributed by atoms with Gasteiger partial charge in [-0.2, -0.15) is 0 Å². The topological polar surface area (TPSA) is 29.1 Å². The van der Waals surface area contributed by atoms with Gasteiger partial charge in [-0.05, 0) is 62.9 Å². The molecule has 90 valence electrons. The van der Waals surface area contributed by atoms with Crippen molar-refractivity contribution in [1.29, 1.82) is 0 Å². The molecule has 2 heteroatoms. The van der Waals surface area contributed by atoms with Crippen molar-refractivity contribution in [3.63, 3.8) is 0 Å². The van der Waals surface area contributed by atoms with Crippen molar-refractivity contribution in [2.45, 2.75) is 44.9 Å². The van der Waals surface area contributed by atoms with Crippen molar-refractivity contribution in [3.05, 3.63) is 0 Å². The predicted molar refractivity (Wildman–Crippen MR) is 64.2 cm³/mol. The first-order valence-corrected chi connectivity index (χ1v) is 7.06. The molecule has 3 atom stereocenters. The lowest BCUT2D eigenvalue weighted by Gasteiger charge is -2.25.